The quantitative estimate of drug-likeness (QED) is 0.400. The molecule has 0 aliphatic heterocycles. The van der Waals surface area contributed by atoms with Crippen LogP contribution in [0.1, 0.15) is 5.56 Å². The molecule has 0 aliphatic rings. The zero-order valence-corrected chi connectivity index (χ0v) is 17.1. The van der Waals surface area contributed by atoms with Crippen molar-refractivity contribution in [2.75, 3.05) is 0 Å². The number of fused-ring (bicyclic) bond motifs is 1. The third-order valence-corrected chi connectivity index (χ3v) is 5.11. The van der Waals surface area contributed by atoms with E-state index in [1.807, 2.05) is 0 Å². The van der Waals surface area contributed by atoms with Crippen molar-refractivity contribution in [1.82, 2.24) is 43.6 Å². The average molecular weight is 457 g/mol. The molecule has 0 saturated heterocycles. The molecule has 168 valence electrons. The number of aromatic amines is 1. The van der Waals surface area contributed by atoms with Crippen LogP contribution in [0.5, 0.6) is 0 Å². The van der Waals surface area contributed by atoms with E-state index in [1.165, 1.54) is 21.8 Å². The number of H-pyrrole nitrogens is 1. The highest BCUT2D eigenvalue weighted by molar-refractivity contribution is 5.76. The van der Waals surface area contributed by atoms with Crippen LogP contribution in [0.15, 0.2) is 40.3 Å². The molecule has 11 nitrogen and oxygen atoms in total. The summed E-state index contributed by atoms with van der Waals surface area (Å²) < 4.78 is 46.0. The van der Waals surface area contributed by atoms with Gasteiger partial charge in [0.15, 0.2) is 28.6 Å². The summed E-state index contributed by atoms with van der Waals surface area (Å²) in [7, 11) is 3.10. The van der Waals surface area contributed by atoms with Gasteiger partial charge in [-0.2, -0.15) is 14.6 Å². The van der Waals surface area contributed by atoms with Gasteiger partial charge in [0.25, 0.3) is 11.5 Å². The second-order valence-corrected chi connectivity index (χ2v) is 7.22. The Morgan fingerprint density at radius 2 is 1.82 bits per heavy atom. The maximum Gasteiger partial charge on any atom is 0.340 e. The van der Waals surface area contributed by atoms with Gasteiger partial charge in [-0.1, -0.05) is 0 Å². The van der Waals surface area contributed by atoms with Gasteiger partial charge in [0.2, 0.25) is 0 Å². The van der Waals surface area contributed by atoms with Crippen LogP contribution in [0.25, 0.3) is 28.6 Å². The van der Waals surface area contributed by atoms with Crippen LogP contribution < -0.4 is 11.2 Å². The molecule has 5 aromatic rings. The molecule has 1 aromatic carbocycles. The van der Waals surface area contributed by atoms with Gasteiger partial charge < -0.3 is 4.57 Å². The third-order valence-electron chi connectivity index (χ3n) is 5.11. The van der Waals surface area contributed by atoms with E-state index in [1.54, 1.807) is 20.2 Å². The van der Waals surface area contributed by atoms with Gasteiger partial charge in [-0.05, 0) is 12.1 Å². The molecule has 33 heavy (non-hydrogen) atoms. The van der Waals surface area contributed by atoms with Crippen molar-refractivity contribution >= 4 is 11.2 Å². The second kappa shape index (κ2) is 7.29. The maximum atomic E-state index is 14.4. The van der Waals surface area contributed by atoms with Crippen LogP contribution in [0, 0.1) is 17.5 Å². The molecule has 0 bridgehead atoms. The summed E-state index contributed by atoms with van der Waals surface area (Å²) in [6, 6.07) is 2.64. The van der Waals surface area contributed by atoms with Crippen LogP contribution in [0.4, 0.5) is 13.2 Å². The average Bonchev–Trinajstić information content (AvgIpc) is 3.50. The number of aryl methyl sites for hydroxylation is 2. The van der Waals surface area contributed by atoms with E-state index in [-0.39, 0.29) is 28.5 Å². The Labute approximate surface area is 181 Å². The number of aromatic nitrogens is 9. The van der Waals surface area contributed by atoms with Crippen LogP contribution in [0.2, 0.25) is 0 Å². The molecule has 0 radical (unpaired) electrons. The molecule has 0 fully saturated rings. The van der Waals surface area contributed by atoms with E-state index in [0.717, 1.165) is 4.57 Å². The molecule has 4 heterocycles. The van der Waals surface area contributed by atoms with E-state index in [9.17, 15) is 22.8 Å². The minimum Gasteiger partial charge on any atom is -0.320 e. The first kappa shape index (κ1) is 20.4. The lowest BCUT2D eigenvalue weighted by molar-refractivity contribution is 0.487. The van der Waals surface area contributed by atoms with Gasteiger partial charge in [0.1, 0.15) is 17.8 Å². The summed E-state index contributed by atoms with van der Waals surface area (Å²) >= 11 is 0. The first-order chi connectivity index (χ1) is 15.8. The molecule has 14 heteroatoms. The predicted octanol–water partition coefficient (Wildman–Crippen LogP) is 0.870. The highest BCUT2D eigenvalue weighted by Gasteiger charge is 2.24. The van der Waals surface area contributed by atoms with E-state index in [0.29, 0.717) is 22.4 Å². The predicted molar refractivity (Wildman–Crippen MR) is 108 cm³/mol. The maximum absolute atomic E-state index is 14.4. The molecular weight excluding hydrogens is 443 g/mol. The van der Waals surface area contributed by atoms with Crippen molar-refractivity contribution in [1.29, 1.82) is 0 Å². The summed E-state index contributed by atoms with van der Waals surface area (Å²) in [5.74, 6) is -3.65. The topological polar surface area (TPSA) is 121 Å². The molecule has 1 N–H and O–H groups in total. The monoisotopic (exact) mass is 457 g/mol. The van der Waals surface area contributed by atoms with Crippen LogP contribution in [0.3, 0.4) is 0 Å². The molecule has 0 spiro atoms. The molecule has 0 aliphatic carbocycles. The number of halogens is 3. The van der Waals surface area contributed by atoms with Crippen LogP contribution >= 0.6 is 0 Å². The fraction of sp³-hybridized carbons (Fsp3) is 0.158. The first-order valence-electron chi connectivity index (χ1n) is 9.47. The molecule has 0 atom stereocenters. The Bertz CT molecular complexity index is 1640. The number of imidazole rings is 1. The lowest BCUT2D eigenvalue weighted by Crippen LogP contribution is -2.40. The minimum atomic E-state index is -1.37. The first-order valence-corrected chi connectivity index (χ1v) is 9.47. The number of hydrogen-bond donors (Lipinski definition) is 1. The molecule has 5 rings (SSSR count). The van der Waals surface area contributed by atoms with Gasteiger partial charge in [-0.25, -0.2) is 22.9 Å². The Hall–Kier alpha value is -4.49. The fourth-order valence-corrected chi connectivity index (χ4v) is 3.54. The van der Waals surface area contributed by atoms with Crippen LogP contribution in [-0.4, -0.2) is 43.6 Å². The summed E-state index contributed by atoms with van der Waals surface area (Å²) in [6.45, 7) is -0.537. The SMILES string of the molecule is Cn1cnc(-n2c(=O)c3c(nc(-c4ccn[nH]4)n3C)n(Cc3cc(F)c(F)cc3F)c2=O)n1. The van der Waals surface area contributed by atoms with E-state index >= 15 is 0 Å². The van der Waals surface area contributed by atoms with Crippen molar-refractivity contribution in [2.24, 2.45) is 14.1 Å². The number of rotatable bonds is 4. The lowest BCUT2D eigenvalue weighted by atomic mass is 10.2. The summed E-state index contributed by atoms with van der Waals surface area (Å²) in [6.07, 6.45) is 2.78. The molecule has 4 aromatic heterocycles. The van der Waals surface area contributed by atoms with Gasteiger partial charge >= 0.3 is 5.69 Å². The van der Waals surface area contributed by atoms with E-state index < -0.39 is 35.2 Å². The molecule has 0 amide bonds. The highest BCUT2D eigenvalue weighted by atomic mass is 19.2. The van der Waals surface area contributed by atoms with Crippen molar-refractivity contribution in [2.45, 2.75) is 6.54 Å². The lowest BCUT2D eigenvalue weighted by Gasteiger charge is -2.11. The zero-order chi connectivity index (χ0) is 23.4. The smallest absolute Gasteiger partial charge is 0.320 e. The molecule has 0 unspecified atom stereocenters. The normalized spacial score (nSPS) is 11.5. The third kappa shape index (κ3) is 3.14. The van der Waals surface area contributed by atoms with Gasteiger partial charge in [0.05, 0.1) is 6.54 Å². The van der Waals surface area contributed by atoms with Gasteiger partial charge in [-0.15, -0.1) is 5.10 Å². The number of hydrogen-bond acceptors (Lipinski definition) is 6. The fourth-order valence-electron chi connectivity index (χ4n) is 3.54. The minimum absolute atomic E-state index is 0.0188. The van der Waals surface area contributed by atoms with Crippen molar-refractivity contribution in [3.05, 3.63) is 74.6 Å². The van der Waals surface area contributed by atoms with E-state index in [4.69, 9.17) is 0 Å². The number of benzene rings is 1. The zero-order valence-electron chi connectivity index (χ0n) is 17.1. The van der Waals surface area contributed by atoms with Gasteiger partial charge in [0, 0.05) is 31.9 Å². The molecular formula is C19H14F3N9O2. The van der Waals surface area contributed by atoms with Gasteiger partial charge in [-0.3, -0.25) is 19.1 Å². The Kier molecular flexibility index (Phi) is 4.51. The largest absolute Gasteiger partial charge is 0.340 e. The summed E-state index contributed by atoms with van der Waals surface area (Å²) in [5, 5.41) is 10.6. The van der Waals surface area contributed by atoms with Crippen molar-refractivity contribution in [3.8, 4) is 17.5 Å². The highest BCUT2D eigenvalue weighted by Crippen LogP contribution is 2.21. The number of nitrogens with zero attached hydrogens (tertiary/aromatic N) is 8. The van der Waals surface area contributed by atoms with E-state index in [2.05, 4.69) is 25.3 Å². The Balaban J connectivity index is 1.85. The summed E-state index contributed by atoms with van der Waals surface area (Å²) in [4.78, 5) is 35.0. The molecule has 0 saturated carbocycles. The Morgan fingerprint density at radius 3 is 2.48 bits per heavy atom. The number of nitrogens with one attached hydrogen (secondary N) is 1. The Morgan fingerprint density at radius 1 is 1.06 bits per heavy atom. The van der Waals surface area contributed by atoms with Crippen molar-refractivity contribution in [3.63, 3.8) is 0 Å². The van der Waals surface area contributed by atoms with Crippen molar-refractivity contribution < 1.29 is 13.2 Å². The second-order valence-electron chi connectivity index (χ2n) is 7.22. The summed E-state index contributed by atoms with van der Waals surface area (Å²) in [5.41, 5.74) is -1.66. The van der Waals surface area contributed by atoms with Crippen LogP contribution in [-0.2, 0) is 20.6 Å². The standard InChI is InChI=1S/C19H14F3N9O2/c1-28-8-23-18(27-28)31-17(32)14-16(25-15(29(14)2)13-3-4-24-26-13)30(19(31)33)7-9-5-11(21)12(22)6-10(9)20/h3-6,8H,7H2,1-2H3,(H,24,26).